The van der Waals surface area contributed by atoms with Gasteiger partial charge in [0.05, 0.1) is 18.9 Å². The number of benzene rings is 1. The summed E-state index contributed by atoms with van der Waals surface area (Å²) in [5, 5.41) is 14.8. The fourth-order valence-corrected chi connectivity index (χ4v) is 2.28. The van der Waals surface area contributed by atoms with Gasteiger partial charge in [-0.3, -0.25) is 0 Å². The van der Waals surface area contributed by atoms with Crippen molar-refractivity contribution in [2.24, 2.45) is 5.92 Å². The molecule has 5 nitrogen and oxygen atoms in total. The summed E-state index contributed by atoms with van der Waals surface area (Å²) in [7, 11) is 1.59. The first kappa shape index (κ1) is 16.8. The van der Waals surface area contributed by atoms with Gasteiger partial charge >= 0.3 is 6.03 Å². The molecule has 0 aromatic heterocycles. The van der Waals surface area contributed by atoms with E-state index in [1.54, 1.807) is 32.2 Å². The highest BCUT2D eigenvalue weighted by Gasteiger charge is 2.09. The van der Waals surface area contributed by atoms with Crippen molar-refractivity contribution >= 4 is 27.6 Å². The number of rotatable bonds is 6. The minimum atomic E-state index is -0.356. The number of hydrogen-bond donors (Lipinski definition) is 3. The Labute approximate surface area is 127 Å². The first-order valence-electron chi connectivity index (χ1n) is 6.48. The van der Waals surface area contributed by atoms with Crippen LogP contribution in [0.15, 0.2) is 22.7 Å². The summed E-state index contributed by atoms with van der Waals surface area (Å²) in [5.74, 6) is 0.938. The fourth-order valence-electron chi connectivity index (χ4n) is 1.82. The van der Waals surface area contributed by atoms with Crippen LogP contribution >= 0.6 is 15.9 Å². The van der Waals surface area contributed by atoms with Crippen molar-refractivity contribution in [1.29, 1.82) is 0 Å². The summed E-state index contributed by atoms with van der Waals surface area (Å²) < 4.78 is 5.84. The van der Waals surface area contributed by atoms with E-state index in [0.717, 1.165) is 4.47 Å². The van der Waals surface area contributed by atoms with Gasteiger partial charge in [-0.25, -0.2) is 4.79 Å². The zero-order valence-electron chi connectivity index (χ0n) is 11.9. The third-order valence-corrected chi connectivity index (χ3v) is 3.44. The molecule has 3 N–H and O–H groups in total. The topological polar surface area (TPSA) is 70.6 Å². The van der Waals surface area contributed by atoms with E-state index in [-0.39, 0.29) is 18.1 Å². The molecule has 0 fully saturated rings. The molecule has 2 amide bonds. The van der Waals surface area contributed by atoms with Crippen LogP contribution in [0.3, 0.4) is 0 Å². The molecule has 0 saturated carbocycles. The molecule has 0 heterocycles. The van der Waals surface area contributed by atoms with Gasteiger partial charge in [-0.2, -0.15) is 0 Å². The van der Waals surface area contributed by atoms with Crippen molar-refractivity contribution in [3.63, 3.8) is 0 Å². The lowest BCUT2D eigenvalue weighted by Crippen LogP contribution is -2.33. The minimum Gasteiger partial charge on any atom is -0.497 e. The lowest BCUT2D eigenvalue weighted by molar-refractivity contribution is 0.163. The Morgan fingerprint density at radius 2 is 2.15 bits per heavy atom. The van der Waals surface area contributed by atoms with Crippen LogP contribution < -0.4 is 15.4 Å². The van der Waals surface area contributed by atoms with Crippen LogP contribution in [0.4, 0.5) is 10.5 Å². The molecule has 2 atom stereocenters. The second kappa shape index (κ2) is 8.11. The molecule has 0 aliphatic carbocycles. The largest absolute Gasteiger partial charge is 0.497 e. The standard InChI is InChI=1S/C14H21BrN2O3/c1-9(6-10(2)18)8-16-14(19)17-13-5-4-11(20-3)7-12(13)15/h4-5,7,9-10,18H,6,8H2,1-3H3,(H2,16,17,19). The monoisotopic (exact) mass is 344 g/mol. The fraction of sp³-hybridized carbons (Fsp3) is 0.500. The number of aliphatic hydroxyl groups excluding tert-OH is 1. The van der Waals surface area contributed by atoms with E-state index >= 15 is 0 Å². The number of nitrogens with one attached hydrogen (secondary N) is 2. The molecule has 0 bridgehead atoms. The van der Waals surface area contributed by atoms with Crippen LogP contribution in [0.5, 0.6) is 5.75 Å². The summed E-state index contributed by atoms with van der Waals surface area (Å²) in [6.07, 6.45) is 0.303. The predicted molar refractivity (Wildman–Crippen MR) is 83.2 cm³/mol. The van der Waals surface area contributed by atoms with E-state index in [0.29, 0.717) is 24.4 Å². The highest BCUT2D eigenvalue weighted by molar-refractivity contribution is 9.10. The first-order chi connectivity index (χ1) is 9.42. The second-order valence-corrected chi connectivity index (χ2v) is 5.73. The van der Waals surface area contributed by atoms with Gasteiger partial charge in [0.25, 0.3) is 0 Å². The van der Waals surface area contributed by atoms with Gasteiger partial charge in [-0.15, -0.1) is 0 Å². The van der Waals surface area contributed by atoms with Crippen LogP contribution in [0.25, 0.3) is 0 Å². The number of halogens is 1. The van der Waals surface area contributed by atoms with Gasteiger partial charge in [-0.05, 0) is 53.4 Å². The number of methoxy groups -OCH3 is 1. The smallest absolute Gasteiger partial charge is 0.319 e. The third kappa shape index (κ3) is 5.79. The molecule has 1 aromatic rings. The molecule has 0 aliphatic heterocycles. The number of amides is 2. The van der Waals surface area contributed by atoms with E-state index in [4.69, 9.17) is 4.74 Å². The number of aliphatic hydroxyl groups is 1. The molecule has 0 saturated heterocycles. The zero-order valence-corrected chi connectivity index (χ0v) is 13.5. The van der Waals surface area contributed by atoms with Crippen LogP contribution in [0.2, 0.25) is 0 Å². The molecule has 0 radical (unpaired) electrons. The lowest BCUT2D eigenvalue weighted by atomic mass is 10.1. The Bertz CT molecular complexity index is 452. The SMILES string of the molecule is COc1ccc(NC(=O)NCC(C)CC(C)O)c(Br)c1. The Morgan fingerprint density at radius 3 is 2.70 bits per heavy atom. The van der Waals surface area contributed by atoms with Gasteiger partial charge in [0, 0.05) is 11.0 Å². The number of anilines is 1. The quantitative estimate of drug-likeness (QED) is 0.742. The number of hydrogen-bond acceptors (Lipinski definition) is 3. The molecule has 0 aliphatic rings. The van der Waals surface area contributed by atoms with Gasteiger partial charge < -0.3 is 20.5 Å². The first-order valence-corrected chi connectivity index (χ1v) is 7.28. The molecule has 0 spiro atoms. The van der Waals surface area contributed by atoms with E-state index in [2.05, 4.69) is 26.6 Å². The van der Waals surface area contributed by atoms with E-state index < -0.39 is 0 Å². The van der Waals surface area contributed by atoms with Crippen LogP contribution in [0, 0.1) is 5.92 Å². The van der Waals surface area contributed by atoms with Crippen molar-refractivity contribution < 1.29 is 14.6 Å². The Hall–Kier alpha value is -1.27. The van der Waals surface area contributed by atoms with E-state index in [9.17, 15) is 9.90 Å². The van der Waals surface area contributed by atoms with Crippen LogP contribution in [-0.2, 0) is 0 Å². The second-order valence-electron chi connectivity index (χ2n) is 4.87. The molecule has 1 aromatic carbocycles. The molecule has 1 rings (SSSR count). The van der Waals surface area contributed by atoms with Crippen molar-refractivity contribution in [3.05, 3.63) is 22.7 Å². The van der Waals surface area contributed by atoms with Gasteiger partial charge in [0.1, 0.15) is 5.75 Å². The summed E-state index contributed by atoms with van der Waals surface area (Å²) in [4.78, 5) is 11.8. The van der Waals surface area contributed by atoms with Crippen molar-refractivity contribution in [2.45, 2.75) is 26.4 Å². The maximum Gasteiger partial charge on any atom is 0.319 e. The van der Waals surface area contributed by atoms with Gasteiger partial charge in [0.15, 0.2) is 0 Å². The van der Waals surface area contributed by atoms with Crippen LogP contribution in [0.1, 0.15) is 20.3 Å². The van der Waals surface area contributed by atoms with Crippen molar-refractivity contribution in [3.8, 4) is 5.75 Å². The lowest BCUT2D eigenvalue weighted by Gasteiger charge is -2.15. The average Bonchev–Trinajstić information content (AvgIpc) is 2.38. The average molecular weight is 345 g/mol. The zero-order chi connectivity index (χ0) is 15.1. The number of ether oxygens (including phenoxy) is 1. The molecular formula is C14H21BrN2O3. The van der Waals surface area contributed by atoms with E-state index in [1.807, 2.05) is 6.92 Å². The summed E-state index contributed by atoms with van der Waals surface area (Å²) in [6.45, 7) is 4.24. The Morgan fingerprint density at radius 1 is 1.45 bits per heavy atom. The molecule has 20 heavy (non-hydrogen) atoms. The molecule has 6 heteroatoms. The number of carbonyl (C=O) groups is 1. The summed E-state index contributed by atoms with van der Waals surface area (Å²) in [6, 6.07) is 5.05. The molecule has 2 unspecified atom stereocenters. The molecular weight excluding hydrogens is 324 g/mol. The third-order valence-electron chi connectivity index (χ3n) is 2.78. The normalized spacial score (nSPS) is 13.4. The van der Waals surface area contributed by atoms with Gasteiger partial charge in [0.2, 0.25) is 0 Å². The predicted octanol–water partition coefficient (Wildman–Crippen LogP) is 2.99. The van der Waals surface area contributed by atoms with Crippen LogP contribution in [-0.4, -0.2) is 30.9 Å². The summed E-state index contributed by atoms with van der Waals surface area (Å²) in [5.41, 5.74) is 0.673. The Kier molecular flexibility index (Phi) is 6.81. The van der Waals surface area contributed by atoms with E-state index in [1.165, 1.54) is 0 Å². The minimum absolute atomic E-state index is 0.222. The Balaban J connectivity index is 2.46. The maximum atomic E-state index is 11.8. The van der Waals surface area contributed by atoms with Crippen molar-refractivity contribution in [2.75, 3.05) is 19.0 Å². The number of urea groups is 1. The maximum absolute atomic E-state index is 11.8. The van der Waals surface area contributed by atoms with Crippen molar-refractivity contribution in [1.82, 2.24) is 5.32 Å². The molecule has 112 valence electrons. The van der Waals surface area contributed by atoms with Gasteiger partial charge in [-0.1, -0.05) is 6.92 Å². The summed E-state index contributed by atoms with van der Waals surface area (Å²) >= 11 is 3.37. The highest BCUT2D eigenvalue weighted by atomic mass is 79.9. The highest BCUT2D eigenvalue weighted by Crippen LogP contribution is 2.26. The number of carbonyl (C=O) groups excluding carboxylic acids is 1.